The molecule has 6 nitrogen and oxygen atoms in total. The number of ketones is 1. The van der Waals surface area contributed by atoms with Gasteiger partial charge in [-0.25, -0.2) is 4.79 Å². The zero-order valence-electron chi connectivity index (χ0n) is 15.5. The van der Waals surface area contributed by atoms with E-state index < -0.39 is 17.7 Å². The van der Waals surface area contributed by atoms with Gasteiger partial charge in [-0.3, -0.25) is 14.5 Å². The van der Waals surface area contributed by atoms with Gasteiger partial charge in [0.1, 0.15) is 17.4 Å². The van der Waals surface area contributed by atoms with Crippen molar-refractivity contribution in [2.45, 2.75) is 59.1 Å². The summed E-state index contributed by atoms with van der Waals surface area (Å²) in [6.45, 7) is 9.31. The van der Waals surface area contributed by atoms with E-state index in [1.807, 2.05) is 32.0 Å². The van der Waals surface area contributed by atoms with Gasteiger partial charge in [0.2, 0.25) is 5.91 Å². The predicted molar refractivity (Wildman–Crippen MR) is 95.5 cm³/mol. The lowest BCUT2D eigenvalue weighted by Gasteiger charge is -2.35. The van der Waals surface area contributed by atoms with Crippen molar-refractivity contribution in [1.82, 2.24) is 4.90 Å². The summed E-state index contributed by atoms with van der Waals surface area (Å²) in [5, 5.41) is 2.88. The second-order valence-corrected chi connectivity index (χ2v) is 7.44. The molecule has 1 N–H and O–H groups in total. The van der Waals surface area contributed by atoms with Gasteiger partial charge < -0.3 is 10.1 Å². The third-order valence-corrected chi connectivity index (χ3v) is 4.09. The molecular formula is C19H26N2O4. The number of Topliss-reactive ketones (excluding diaryl/α,β-unsaturated/α-hetero) is 1. The van der Waals surface area contributed by atoms with E-state index in [2.05, 4.69) is 5.32 Å². The molecule has 2 amide bonds. The summed E-state index contributed by atoms with van der Waals surface area (Å²) in [5.41, 5.74) is 1.92. The van der Waals surface area contributed by atoms with Crippen LogP contribution in [0.15, 0.2) is 18.2 Å². The van der Waals surface area contributed by atoms with Crippen LogP contribution in [0.1, 0.15) is 44.7 Å². The van der Waals surface area contributed by atoms with Gasteiger partial charge >= 0.3 is 6.09 Å². The number of para-hydroxylation sites is 1. The Morgan fingerprint density at radius 2 is 1.80 bits per heavy atom. The maximum Gasteiger partial charge on any atom is 0.410 e. The highest BCUT2D eigenvalue weighted by Gasteiger charge is 2.37. The topological polar surface area (TPSA) is 75.7 Å². The van der Waals surface area contributed by atoms with Crippen LogP contribution in [0.3, 0.4) is 0 Å². The SMILES string of the molecule is Cc1cccc(C)c1NC(=O)[C@@H]1CC(=O)CCN1C(=O)OC(C)(C)C. The van der Waals surface area contributed by atoms with E-state index in [9.17, 15) is 14.4 Å². The molecule has 0 saturated carbocycles. The molecule has 0 spiro atoms. The highest BCUT2D eigenvalue weighted by molar-refractivity contribution is 6.01. The van der Waals surface area contributed by atoms with Gasteiger partial charge in [-0.1, -0.05) is 18.2 Å². The summed E-state index contributed by atoms with van der Waals surface area (Å²) >= 11 is 0. The van der Waals surface area contributed by atoms with Gasteiger partial charge in [0, 0.05) is 25.1 Å². The minimum atomic E-state index is -0.852. The Morgan fingerprint density at radius 3 is 2.36 bits per heavy atom. The smallest absolute Gasteiger partial charge is 0.410 e. The van der Waals surface area contributed by atoms with Crippen LogP contribution in [0, 0.1) is 13.8 Å². The van der Waals surface area contributed by atoms with Crippen LogP contribution in [-0.4, -0.2) is 40.9 Å². The molecule has 0 unspecified atom stereocenters. The van der Waals surface area contributed by atoms with Crippen molar-refractivity contribution in [2.24, 2.45) is 0 Å². The van der Waals surface area contributed by atoms with Gasteiger partial charge in [0.05, 0.1) is 0 Å². The second-order valence-electron chi connectivity index (χ2n) is 7.44. The quantitative estimate of drug-likeness (QED) is 0.892. The fraction of sp³-hybridized carbons (Fsp3) is 0.526. The monoisotopic (exact) mass is 346 g/mol. The van der Waals surface area contributed by atoms with Gasteiger partial charge in [0.25, 0.3) is 0 Å². The number of nitrogens with one attached hydrogen (secondary N) is 1. The number of ether oxygens (including phenoxy) is 1. The van der Waals surface area contributed by atoms with Crippen molar-refractivity contribution in [1.29, 1.82) is 0 Å². The van der Waals surface area contributed by atoms with E-state index in [1.54, 1.807) is 20.8 Å². The number of piperidine rings is 1. The zero-order valence-corrected chi connectivity index (χ0v) is 15.5. The van der Waals surface area contributed by atoms with Crippen LogP contribution in [0.5, 0.6) is 0 Å². The van der Waals surface area contributed by atoms with E-state index in [4.69, 9.17) is 4.74 Å². The molecule has 2 rings (SSSR count). The molecule has 1 saturated heterocycles. The third kappa shape index (κ3) is 4.81. The van der Waals surface area contributed by atoms with E-state index >= 15 is 0 Å². The minimum absolute atomic E-state index is 0.00993. The van der Waals surface area contributed by atoms with Crippen molar-refractivity contribution < 1.29 is 19.1 Å². The first-order valence-electron chi connectivity index (χ1n) is 8.47. The van der Waals surface area contributed by atoms with Crippen molar-refractivity contribution in [2.75, 3.05) is 11.9 Å². The number of carbonyl (C=O) groups is 3. The number of nitrogens with zero attached hydrogens (tertiary/aromatic N) is 1. The number of anilines is 1. The highest BCUT2D eigenvalue weighted by atomic mass is 16.6. The van der Waals surface area contributed by atoms with Crippen molar-refractivity contribution in [3.8, 4) is 0 Å². The molecule has 1 aliphatic heterocycles. The maximum atomic E-state index is 12.8. The molecule has 0 bridgehead atoms. The van der Waals surface area contributed by atoms with Gasteiger partial charge in [-0.15, -0.1) is 0 Å². The van der Waals surface area contributed by atoms with Crippen molar-refractivity contribution in [3.63, 3.8) is 0 Å². The number of benzene rings is 1. The Kier molecular flexibility index (Phi) is 5.50. The molecule has 136 valence electrons. The van der Waals surface area contributed by atoms with Crippen LogP contribution in [-0.2, 0) is 14.3 Å². The molecule has 1 atom stereocenters. The molecule has 1 aromatic rings. The molecule has 1 aromatic carbocycles. The molecule has 25 heavy (non-hydrogen) atoms. The van der Waals surface area contributed by atoms with Gasteiger partial charge in [-0.2, -0.15) is 0 Å². The average molecular weight is 346 g/mol. The normalized spacial score (nSPS) is 18.0. The Bertz CT molecular complexity index is 671. The Balaban J connectivity index is 2.21. The molecule has 0 radical (unpaired) electrons. The summed E-state index contributed by atoms with van der Waals surface area (Å²) in [6, 6.07) is 4.87. The van der Waals surface area contributed by atoms with E-state index in [1.165, 1.54) is 4.90 Å². The molecule has 0 aliphatic carbocycles. The standard InChI is InChI=1S/C19H26N2O4/c1-12-7-6-8-13(2)16(12)20-17(23)15-11-14(22)9-10-21(15)18(24)25-19(3,4)5/h6-8,15H,9-11H2,1-5H3,(H,20,23)/t15-/m0/s1. The molecular weight excluding hydrogens is 320 g/mol. The summed E-state index contributed by atoms with van der Waals surface area (Å²) in [7, 11) is 0. The summed E-state index contributed by atoms with van der Waals surface area (Å²) in [6.07, 6.45) is -0.316. The van der Waals surface area contributed by atoms with Crippen LogP contribution in [0.25, 0.3) is 0 Å². The second kappa shape index (κ2) is 7.25. The molecule has 1 fully saturated rings. The third-order valence-electron chi connectivity index (χ3n) is 4.09. The van der Waals surface area contributed by atoms with Gasteiger partial charge in [0.15, 0.2) is 0 Å². The molecule has 6 heteroatoms. The minimum Gasteiger partial charge on any atom is -0.444 e. The number of carbonyl (C=O) groups excluding carboxylic acids is 3. The van der Waals surface area contributed by atoms with E-state index in [0.29, 0.717) is 0 Å². The Hall–Kier alpha value is -2.37. The lowest BCUT2D eigenvalue weighted by atomic mass is 10.00. The fourth-order valence-corrected chi connectivity index (χ4v) is 2.82. The lowest BCUT2D eigenvalue weighted by molar-refractivity contribution is -0.130. The number of rotatable bonds is 2. The van der Waals surface area contributed by atoms with E-state index in [0.717, 1.165) is 16.8 Å². The Labute approximate surface area is 148 Å². The first-order chi connectivity index (χ1) is 11.6. The number of likely N-dealkylation sites (tertiary alicyclic amines) is 1. The van der Waals surface area contributed by atoms with Crippen molar-refractivity contribution in [3.05, 3.63) is 29.3 Å². The van der Waals surface area contributed by atoms with Crippen molar-refractivity contribution >= 4 is 23.5 Å². The predicted octanol–water partition coefficient (Wildman–Crippen LogP) is 3.21. The van der Waals surface area contributed by atoms with Crippen LogP contribution < -0.4 is 5.32 Å². The van der Waals surface area contributed by atoms with Crippen LogP contribution in [0.2, 0.25) is 0 Å². The molecule has 1 aliphatic rings. The lowest BCUT2D eigenvalue weighted by Crippen LogP contribution is -2.53. The summed E-state index contributed by atoms with van der Waals surface area (Å²) < 4.78 is 5.39. The first-order valence-corrected chi connectivity index (χ1v) is 8.47. The number of hydrogen-bond donors (Lipinski definition) is 1. The van der Waals surface area contributed by atoms with Crippen LogP contribution >= 0.6 is 0 Å². The average Bonchev–Trinajstić information content (AvgIpc) is 2.49. The highest BCUT2D eigenvalue weighted by Crippen LogP contribution is 2.23. The van der Waals surface area contributed by atoms with Gasteiger partial charge in [-0.05, 0) is 45.7 Å². The number of hydrogen-bond acceptors (Lipinski definition) is 4. The maximum absolute atomic E-state index is 12.8. The summed E-state index contributed by atoms with van der Waals surface area (Å²) in [5.74, 6) is -0.391. The fourth-order valence-electron chi connectivity index (χ4n) is 2.82. The summed E-state index contributed by atoms with van der Waals surface area (Å²) in [4.78, 5) is 38.4. The van der Waals surface area contributed by atoms with E-state index in [-0.39, 0.29) is 31.1 Å². The zero-order chi connectivity index (χ0) is 18.8. The number of amides is 2. The molecule has 1 heterocycles. The largest absolute Gasteiger partial charge is 0.444 e. The Morgan fingerprint density at radius 1 is 1.20 bits per heavy atom. The molecule has 0 aromatic heterocycles. The van der Waals surface area contributed by atoms with Crippen LogP contribution in [0.4, 0.5) is 10.5 Å². The first kappa shape index (κ1) is 19.0. The number of aryl methyl sites for hydroxylation is 2.